The van der Waals surface area contributed by atoms with Crippen molar-refractivity contribution in [3.05, 3.63) is 53.1 Å². The predicted molar refractivity (Wildman–Crippen MR) is 86.6 cm³/mol. The summed E-state index contributed by atoms with van der Waals surface area (Å²) in [4.78, 5) is 14.5. The summed E-state index contributed by atoms with van der Waals surface area (Å²) in [5.41, 5.74) is 3.09. The minimum absolute atomic E-state index is 0.0765. The number of carboxylic acids is 1. The van der Waals surface area contributed by atoms with E-state index in [4.69, 9.17) is 16.3 Å². The van der Waals surface area contributed by atoms with Crippen molar-refractivity contribution in [1.29, 1.82) is 0 Å². The molecule has 0 unspecified atom stereocenters. The van der Waals surface area contributed by atoms with Crippen molar-refractivity contribution in [1.82, 2.24) is 4.98 Å². The lowest BCUT2D eigenvalue weighted by Crippen LogP contribution is -2.01. The van der Waals surface area contributed by atoms with Gasteiger partial charge < -0.3 is 14.8 Å². The van der Waals surface area contributed by atoms with Gasteiger partial charge in [0.1, 0.15) is 5.75 Å². The predicted octanol–water partition coefficient (Wildman–Crippen LogP) is 4.12. The minimum Gasteiger partial charge on any atom is -0.497 e. The van der Waals surface area contributed by atoms with Crippen molar-refractivity contribution < 1.29 is 14.6 Å². The molecular weight excluding hydrogens is 302 g/mol. The number of nitrogens with one attached hydrogen (secondary N) is 1. The fourth-order valence-electron chi connectivity index (χ4n) is 2.60. The molecule has 1 heterocycles. The van der Waals surface area contributed by atoms with Crippen molar-refractivity contribution in [3.8, 4) is 17.0 Å². The number of H-pyrrole nitrogens is 1. The summed E-state index contributed by atoms with van der Waals surface area (Å²) >= 11 is 6.22. The van der Waals surface area contributed by atoms with Crippen LogP contribution in [0.3, 0.4) is 0 Å². The number of hydrogen-bond donors (Lipinski definition) is 2. The van der Waals surface area contributed by atoms with E-state index in [0.29, 0.717) is 10.8 Å². The molecule has 0 fully saturated rings. The number of methoxy groups -OCH3 is 1. The van der Waals surface area contributed by atoms with Gasteiger partial charge in [0.05, 0.1) is 29.8 Å². The number of aliphatic carboxylic acids is 1. The second-order valence-corrected chi connectivity index (χ2v) is 5.35. The minimum atomic E-state index is -0.884. The third kappa shape index (κ3) is 2.53. The largest absolute Gasteiger partial charge is 0.497 e. The molecule has 22 heavy (non-hydrogen) atoms. The lowest BCUT2D eigenvalue weighted by molar-refractivity contribution is -0.136. The van der Waals surface area contributed by atoms with Crippen LogP contribution in [0.15, 0.2) is 42.5 Å². The van der Waals surface area contributed by atoms with Crippen molar-refractivity contribution in [2.75, 3.05) is 7.11 Å². The Balaban J connectivity index is 2.27. The van der Waals surface area contributed by atoms with Gasteiger partial charge in [-0.05, 0) is 23.8 Å². The first-order valence-corrected chi connectivity index (χ1v) is 7.13. The van der Waals surface area contributed by atoms with Gasteiger partial charge in [-0.3, -0.25) is 4.79 Å². The highest BCUT2D eigenvalue weighted by Gasteiger charge is 2.17. The Morgan fingerprint density at radius 1 is 1.27 bits per heavy atom. The van der Waals surface area contributed by atoms with Gasteiger partial charge >= 0.3 is 5.97 Å². The number of fused-ring (bicyclic) bond motifs is 1. The molecule has 5 heteroatoms. The number of aromatic nitrogens is 1. The summed E-state index contributed by atoms with van der Waals surface area (Å²) in [6.45, 7) is 0. The van der Waals surface area contributed by atoms with Gasteiger partial charge in [-0.1, -0.05) is 35.9 Å². The maximum atomic E-state index is 11.2. The smallest absolute Gasteiger partial charge is 0.307 e. The van der Waals surface area contributed by atoms with E-state index < -0.39 is 5.97 Å². The second kappa shape index (κ2) is 5.73. The number of para-hydroxylation sites is 1. The summed E-state index contributed by atoms with van der Waals surface area (Å²) in [6, 6.07) is 13.0. The Kier molecular flexibility index (Phi) is 3.77. The molecule has 0 aliphatic heterocycles. The number of benzene rings is 2. The topological polar surface area (TPSA) is 62.3 Å². The summed E-state index contributed by atoms with van der Waals surface area (Å²) in [5.74, 6) is -0.173. The van der Waals surface area contributed by atoms with Gasteiger partial charge in [0.15, 0.2) is 0 Å². The lowest BCUT2D eigenvalue weighted by Gasteiger charge is -2.05. The Hall–Kier alpha value is -2.46. The normalized spacial score (nSPS) is 10.8. The number of hydrogen-bond acceptors (Lipinski definition) is 2. The van der Waals surface area contributed by atoms with E-state index in [1.807, 2.05) is 36.4 Å². The van der Waals surface area contributed by atoms with Crippen LogP contribution < -0.4 is 4.74 Å². The van der Waals surface area contributed by atoms with Gasteiger partial charge in [0, 0.05) is 10.9 Å². The summed E-state index contributed by atoms with van der Waals surface area (Å²) in [6.07, 6.45) is -0.0765. The SMILES string of the molecule is COc1cccc(-c2[nH]c3c(Cl)cccc3c2CC(=O)O)c1. The van der Waals surface area contributed by atoms with Gasteiger partial charge in [0.25, 0.3) is 0 Å². The van der Waals surface area contributed by atoms with E-state index in [9.17, 15) is 9.90 Å². The zero-order valence-electron chi connectivity index (χ0n) is 11.9. The van der Waals surface area contributed by atoms with E-state index in [2.05, 4.69) is 4.98 Å². The van der Waals surface area contributed by atoms with Crippen molar-refractivity contribution in [2.24, 2.45) is 0 Å². The number of carbonyl (C=O) groups is 1. The van der Waals surface area contributed by atoms with Crippen molar-refractivity contribution >= 4 is 28.5 Å². The molecule has 4 nitrogen and oxygen atoms in total. The van der Waals surface area contributed by atoms with Crippen LogP contribution in [0.2, 0.25) is 5.02 Å². The molecule has 0 amide bonds. The number of rotatable bonds is 4. The Morgan fingerprint density at radius 2 is 2.05 bits per heavy atom. The van der Waals surface area contributed by atoms with Gasteiger partial charge in [0.2, 0.25) is 0 Å². The summed E-state index contributed by atoms with van der Waals surface area (Å²) in [5, 5.41) is 10.6. The standard InChI is InChI=1S/C17H14ClNO3/c1-22-11-5-2-4-10(8-11)16-13(9-15(20)21)12-6-3-7-14(18)17(12)19-16/h2-8,19H,9H2,1H3,(H,20,21). The molecule has 3 rings (SSSR count). The van der Waals surface area contributed by atoms with E-state index in [1.54, 1.807) is 13.2 Å². The maximum Gasteiger partial charge on any atom is 0.307 e. The van der Waals surface area contributed by atoms with Gasteiger partial charge in [-0.2, -0.15) is 0 Å². The van der Waals surface area contributed by atoms with Crippen LogP contribution in [0.5, 0.6) is 5.75 Å². The zero-order chi connectivity index (χ0) is 15.7. The van der Waals surface area contributed by atoms with Crippen LogP contribution in [-0.2, 0) is 11.2 Å². The third-order valence-corrected chi connectivity index (χ3v) is 3.89. The summed E-state index contributed by atoms with van der Waals surface area (Å²) < 4.78 is 5.24. The maximum absolute atomic E-state index is 11.2. The van der Waals surface area contributed by atoms with Crippen LogP contribution in [-0.4, -0.2) is 23.2 Å². The Labute approximate surface area is 132 Å². The molecule has 2 aromatic carbocycles. The van der Waals surface area contributed by atoms with E-state index in [0.717, 1.165) is 27.7 Å². The molecule has 0 saturated carbocycles. The molecule has 0 bridgehead atoms. The number of ether oxygens (including phenoxy) is 1. The first-order valence-electron chi connectivity index (χ1n) is 6.75. The highest BCUT2D eigenvalue weighted by Crippen LogP contribution is 2.35. The van der Waals surface area contributed by atoms with Crippen LogP contribution in [0.25, 0.3) is 22.2 Å². The molecule has 1 aromatic heterocycles. The van der Waals surface area contributed by atoms with Crippen LogP contribution in [0.4, 0.5) is 0 Å². The molecular formula is C17H14ClNO3. The molecule has 0 saturated heterocycles. The van der Waals surface area contributed by atoms with E-state index >= 15 is 0 Å². The first kappa shape index (κ1) is 14.5. The fraction of sp³-hybridized carbons (Fsp3) is 0.118. The molecule has 0 atom stereocenters. The monoisotopic (exact) mass is 315 g/mol. The van der Waals surface area contributed by atoms with Crippen LogP contribution in [0.1, 0.15) is 5.56 Å². The van der Waals surface area contributed by atoms with E-state index in [-0.39, 0.29) is 6.42 Å². The molecule has 0 spiro atoms. The molecule has 112 valence electrons. The summed E-state index contributed by atoms with van der Waals surface area (Å²) in [7, 11) is 1.60. The fourth-order valence-corrected chi connectivity index (χ4v) is 2.82. The highest BCUT2D eigenvalue weighted by molar-refractivity contribution is 6.35. The van der Waals surface area contributed by atoms with Crippen LogP contribution in [0, 0.1) is 0 Å². The quantitative estimate of drug-likeness (QED) is 0.761. The van der Waals surface area contributed by atoms with Crippen molar-refractivity contribution in [2.45, 2.75) is 6.42 Å². The first-order chi connectivity index (χ1) is 10.6. The lowest BCUT2D eigenvalue weighted by atomic mass is 10.0. The average molecular weight is 316 g/mol. The van der Waals surface area contributed by atoms with Crippen LogP contribution >= 0.6 is 11.6 Å². The molecule has 3 aromatic rings. The highest BCUT2D eigenvalue weighted by atomic mass is 35.5. The second-order valence-electron chi connectivity index (χ2n) is 4.94. The Bertz CT molecular complexity index is 854. The Morgan fingerprint density at radius 3 is 2.77 bits per heavy atom. The number of halogens is 1. The number of aromatic amines is 1. The zero-order valence-corrected chi connectivity index (χ0v) is 12.6. The molecule has 0 aliphatic rings. The average Bonchev–Trinajstić information content (AvgIpc) is 2.87. The van der Waals surface area contributed by atoms with Gasteiger partial charge in [-0.15, -0.1) is 0 Å². The molecule has 2 N–H and O–H groups in total. The van der Waals surface area contributed by atoms with E-state index in [1.165, 1.54) is 0 Å². The molecule has 0 aliphatic carbocycles. The third-order valence-electron chi connectivity index (χ3n) is 3.58. The number of carboxylic acid groups (broad SMARTS) is 1. The molecule has 0 radical (unpaired) electrons. The van der Waals surface area contributed by atoms with Gasteiger partial charge in [-0.25, -0.2) is 0 Å². The van der Waals surface area contributed by atoms with Crippen molar-refractivity contribution in [3.63, 3.8) is 0 Å².